The Labute approximate surface area is 124 Å². The van der Waals surface area contributed by atoms with E-state index in [1.54, 1.807) is 26.4 Å². The second kappa shape index (κ2) is 5.58. The molecule has 0 saturated carbocycles. The van der Waals surface area contributed by atoms with Gasteiger partial charge in [0.25, 0.3) is 5.91 Å². The van der Waals surface area contributed by atoms with E-state index < -0.39 is 0 Å². The molecule has 1 fully saturated rings. The van der Waals surface area contributed by atoms with Gasteiger partial charge in [0.1, 0.15) is 5.70 Å². The summed E-state index contributed by atoms with van der Waals surface area (Å²) in [5.41, 5.74) is 1.18. The van der Waals surface area contributed by atoms with E-state index in [0.29, 0.717) is 22.3 Å². The highest BCUT2D eigenvalue weighted by molar-refractivity contribution is 9.10. The number of ether oxygens (including phenoxy) is 2. The Bertz CT molecular complexity index is 587. The van der Waals surface area contributed by atoms with Crippen molar-refractivity contribution in [1.29, 1.82) is 0 Å². The van der Waals surface area contributed by atoms with Crippen LogP contribution in [-0.4, -0.2) is 25.2 Å². The number of rotatable bonds is 3. The smallest absolute Gasteiger partial charge is 0.273 e. The van der Waals surface area contributed by atoms with Gasteiger partial charge >= 0.3 is 0 Å². The van der Waals surface area contributed by atoms with E-state index in [2.05, 4.69) is 26.6 Å². The summed E-state index contributed by atoms with van der Waals surface area (Å²) in [7, 11) is 3.11. The molecule has 0 atom stereocenters. The largest absolute Gasteiger partial charge is 0.493 e. The first kappa shape index (κ1) is 13.8. The third-order valence-corrected chi connectivity index (χ3v) is 3.28. The lowest BCUT2D eigenvalue weighted by Gasteiger charge is -2.10. The molecular formula is C12H11BrN2O3S. The number of halogens is 1. The maximum absolute atomic E-state index is 11.6. The quantitative estimate of drug-likeness (QED) is 0.648. The van der Waals surface area contributed by atoms with Crippen LogP contribution in [0.5, 0.6) is 11.5 Å². The lowest BCUT2D eigenvalue weighted by molar-refractivity contribution is -0.115. The van der Waals surface area contributed by atoms with Crippen molar-refractivity contribution in [2.45, 2.75) is 0 Å². The minimum absolute atomic E-state index is 0.254. The fraction of sp³-hybridized carbons (Fsp3) is 0.167. The number of carbonyl (C=O) groups excluding carboxylic acids is 1. The highest BCUT2D eigenvalue weighted by atomic mass is 79.9. The standard InChI is InChI=1S/C12H11BrN2O3S/c1-17-9-5-6(3-7(13)10(9)18-2)4-8-11(16)15-12(19)14-8/h3-5H,1-2H3,(H2,14,15,16,19)/b8-4+. The topological polar surface area (TPSA) is 59.6 Å². The first-order valence-corrected chi connectivity index (χ1v) is 6.51. The molecule has 0 bridgehead atoms. The number of benzene rings is 1. The van der Waals surface area contributed by atoms with Crippen LogP contribution in [0.3, 0.4) is 0 Å². The van der Waals surface area contributed by atoms with E-state index in [-0.39, 0.29) is 5.91 Å². The van der Waals surface area contributed by atoms with Gasteiger partial charge in [-0.25, -0.2) is 0 Å². The maximum atomic E-state index is 11.6. The molecule has 1 saturated heterocycles. The average Bonchev–Trinajstić information content (AvgIpc) is 2.67. The summed E-state index contributed by atoms with van der Waals surface area (Å²) in [5.74, 6) is 0.921. The third kappa shape index (κ3) is 2.87. The fourth-order valence-electron chi connectivity index (χ4n) is 1.67. The number of hydrogen-bond acceptors (Lipinski definition) is 4. The second-order valence-corrected chi connectivity index (χ2v) is 4.97. The lowest BCUT2D eigenvalue weighted by Crippen LogP contribution is -2.21. The van der Waals surface area contributed by atoms with Crippen LogP contribution < -0.4 is 20.1 Å². The van der Waals surface area contributed by atoms with Crippen molar-refractivity contribution in [3.63, 3.8) is 0 Å². The lowest BCUT2D eigenvalue weighted by atomic mass is 10.1. The number of amides is 1. The summed E-state index contributed by atoms with van der Waals surface area (Å²) < 4.78 is 11.2. The molecule has 1 aromatic carbocycles. The van der Waals surface area contributed by atoms with Crippen LogP contribution in [0.4, 0.5) is 0 Å². The second-order valence-electron chi connectivity index (χ2n) is 3.70. The zero-order chi connectivity index (χ0) is 14.0. The van der Waals surface area contributed by atoms with E-state index in [1.165, 1.54) is 0 Å². The molecule has 7 heteroatoms. The van der Waals surface area contributed by atoms with Crippen LogP contribution in [0.1, 0.15) is 5.56 Å². The highest BCUT2D eigenvalue weighted by Crippen LogP contribution is 2.36. The minimum atomic E-state index is -0.254. The van der Waals surface area contributed by atoms with Crippen molar-refractivity contribution in [2.75, 3.05) is 14.2 Å². The van der Waals surface area contributed by atoms with Crippen LogP contribution in [0.25, 0.3) is 6.08 Å². The molecule has 1 heterocycles. The molecule has 0 unspecified atom stereocenters. The summed E-state index contributed by atoms with van der Waals surface area (Å²) >= 11 is 8.26. The average molecular weight is 343 g/mol. The summed E-state index contributed by atoms with van der Waals surface area (Å²) in [5, 5.41) is 5.58. The molecular weight excluding hydrogens is 332 g/mol. The number of methoxy groups -OCH3 is 2. The molecule has 0 spiro atoms. The summed E-state index contributed by atoms with van der Waals surface area (Å²) in [6.45, 7) is 0. The van der Waals surface area contributed by atoms with Crippen LogP contribution >= 0.6 is 28.1 Å². The first-order chi connectivity index (χ1) is 9.05. The van der Waals surface area contributed by atoms with E-state index in [9.17, 15) is 4.79 Å². The number of thiocarbonyl (C=S) groups is 1. The van der Waals surface area contributed by atoms with Crippen molar-refractivity contribution >= 4 is 45.2 Å². The SMILES string of the molecule is COc1cc(/C=C2/NC(=S)NC2=O)cc(Br)c1OC. The van der Waals surface area contributed by atoms with Gasteiger partial charge in [0, 0.05) is 0 Å². The molecule has 2 N–H and O–H groups in total. The summed E-state index contributed by atoms with van der Waals surface area (Å²) in [6, 6.07) is 3.59. The summed E-state index contributed by atoms with van der Waals surface area (Å²) in [4.78, 5) is 11.6. The van der Waals surface area contributed by atoms with Gasteiger partial charge in [0.05, 0.1) is 18.7 Å². The molecule has 2 rings (SSSR count). The molecule has 0 aliphatic carbocycles. The Morgan fingerprint density at radius 3 is 2.53 bits per heavy atom. The van der Waals surface area contributed by atoms with Crippen molar-refractivity contribution in [1.82, 2.24) is 10.6 Å². The number of nitrogens with one attached hydrogen (secondary N) is 2. The van der Waals surface area contributed by atoms with Gasteiger partial charge in [0.2, 0.25) is 0 Å². The minimum Gasteiger partial charge on any atom is -0.493 e. The summed E-state index contributed by atoms with van der Waals surface area (Å²) in [6.07, 6.45) is 1.68. The molecule has 1 aromatic rings. The van der Waals surface area contributed by atoms with Crippen molar-refractivity contribution < 1.29 is 14.3 Å². The van der Waals surface area contributed by atoms with E-state index >= 15 is 0 Å². The van der Waals surface area contributed by atoms with Crippen LogP contribution in [-0.2, 0) is 4.79 Å². The zero-order valence-corrected chi connectivity index (χ0v) is 12.6. The molecule has 1 amide bonds. The molecule has 5 nitrogen and oxygen atoms in total. The van der Waals surface area contributed by atoms with Gasteiger partial charge in [-0.3, -0.25) is 10.1 Å². The molecule has 0 aromatic heterocycles. The predicted octanol–water partition coefficient (Wildman–Crippen LogP) is 1.81. The molecule has 1 aliphatic heterocycles. The molecule has 1 aliphatic rings. The Balaban J connectivity index is 2.42. The van der Waals surface area contributed by atoms with Gasteiger partial charge in [-0.05, 0) is 51.9 Å². The molecule has 100 valence electrons. The number of carbonyl (C=O) groups is 1. The monoisotopic (exact) mass is 342 g/mol. The highest BCUT2D eigenvalue weighted by Gasteiger charge is 2.20. The van der Waals surface area contributed by atoms with Crippen molar-refractivity contribution in [2.24, 2.45) is 0 Å². The van der Waals surface area contributed by atoms with Crippen molar-refractivity contribution in [3.8, 4) is 11.5 Å². The van der Waals surface area contributed by atoms with Crippen LogP contribution in [0.2, 0.25) is 0 Å². The van der Waals surface area contributed by atoms with Gasteiger partial charge in [-0.15, -0.1) is 0 Å². The van der Waals surface area contributed by atoms with E-state index in [0.717, 1.165) is 10.0 Å². The molecule has 19 heavy (non-hydrogen) atoms. The van der Waals surface area contributed by atoms with Crippen LogP contribution in [0.15, 0.2) is 22.3 Å². The number of hydrogen-bond donors (Lipinski definition) is 2. The van der Waals surface area contributed by atoms with E-state index in [4.69, 9.17) is 21.7 Å². The predicted molar refractivity (Wildman–Crippen MR) is 79.1 cm³/mol. The third-order valence-electron chi connectivity index (χ3n) is 2.49. The zero-order valence-electron chi connectivity index (χ0n) is 10.2. The fourth-order valence-corrected chi connectivity index (χ4v) is 2.49. The maximum Gasteiger partial charge on any atom is 0.273 e. The molecule has 0 radical (unpaired) electrons. The van der Waals surface area contributed by atoms with Gasteiger partial charge < -0.3 is 14.8 Å². The van der Waals surface area contributed by atoms with E-state index in [1.807, 2.05) is 6.07 Å². The van der Waals surface area contributed by atoms with Gasteiger partial charge in [-0.1, -0.05) is 0 Å². The Morgan fingerprint density at radius 2 is 2.00 bits per heavy atom. The van der Waals surface area contributed by atoms with Gasteiger partial charge in [0.15, 0.2) is 16.6 Å². The Morgan fingerprint density at radius 1 is 1.26 bits per heavy atom. The van der Waals surface area contributed by atoms with Gasteiger partial charge in [-0.2, -0.15) is 0 Å². The van der Waals surface area contributed by atoms with Crippen molar-refractivity contribution in [3.05, 3.63) is 27.9 Å². The Kier molecular flexibility index (Phi) is 4.06. The Hall–Kier alpha value is -1.60. The first-order valence-electron chi connectivity index (χ1n) is 5.30. The van der Waals surface area contributed by atoms with Crippen LogP contribution in [0, 0.1) is 0 Å². The normalized spacial score (nSPS) is 16.3.